The molecule has 4 aromatic rings. The number of piperidine rings is 1. The van der Waals surface area contributed by atoms with E-state index in [-0.39, 0.29) is 24.2 Å². The third kappa shape index (κ3) is 11.5. The summed E-state index contributed by atoms with van der Waals surface area (Å²) in [6, 6.07) is 22.7. The van der Waals surface area contributed by atoms with Crippen LogP contribution in [-0.4, -0.2) is 107 Å². The number of imide groups is 2. The zero-order valence-electron chi connectivity index (χ0n) is 36.7. The molecular formula is C49H60N6O8. The van der Waals surface area contributed by atoms with Gasteiger partial charge in [0.25, 0.3) is 11.8 Å². The maximum absolute atomic E-state index is 13.2. The van der Waals surface area contributed by atoms with E-state index in [0.717, 1.165) is 87.1 Å². The van der Waals surface area contributed by atoms with Gasteiger partial charge in [-0.15, -0.1) is 0 Å². The standard InChI is InChI=1S/C49H60N6O8/c1-34(56)45-50-23-22-37(51-45)33-63-40-17-12-36(13-18-40)49(2,3)35-10-15-39(16-11-35)62-30-9-7-5-4-6-8-29-61-31-28-53-24-26-54(27-25-53)38-14-19-41-42(32-38)48(60)55(47(41)59)43-20-21-44(57)52-46(43)58/h10-19,22-23,32,34,43,56H,4-9,20-21,24-31,33H2,1-3H3,(H,52,57,58). The average Bonchev–Trinajstić information content (AvgIpc) is 3.54. The van der Waals surface area contributed by atoms with Crippen LogP contribution in [0.1, 0.15) is 122 Å². The summed E-state index contributed by atoms with van der Waals surface area (Å²) in [6.45, 7) is 12.7. The number of hydrogen-bond acceptors (Lipinski definition) is 12. The van der Waals surface area contributed by atoms with Crippen molar-refractivity contribution < 1.29 is 38.5 Å². The van der Waals surface area contributed by atoms with E-state index in [2.05, 4.69) is 75.3 Å². The Bertz CT molecular complexity index is 2200. The lowest BCUT2D eigenvalue weighted by atomic mass is 9.78. The van der Waals surface area contributed by atoms with Crippen LogP contribution in [0.25, 0.3) is 0 Å². The number of fused-ring (bicyclic) bond motifs is 1. The number of aliphatic hydroxyl groups excluding tert-OH is 1. The number of rotatable bonds is 21. The fourth-order valence-electron chi connectivity index (χ4n) is 8.34. The Morgan fingerprint density at radius 1 is 0.762 bits per heavy atom. The Morgan fingerprint density at radius 2 is 1.40 bits per heavy atom. The molecule has 7 rings (SSSR count). The zero-order chi connectivity index (χ0) is 44.3. The molecule has 2 unspecified atom stereocenters. The Hall–Kier alpha value is -5.70. The number of amides is 4. The van der Waals surface area contributed by atoms with Gasteiger partial charge in [0.05, 0.1) is 30.0 Å². The SMILES string of the molecule is CC(O)c1nccc(COc2ccc(C(C)(C)c3ccc(OCCCCCCCCOCCN4CCN(c5ccc6c(c5)C(=O)N(C5CCC(=O)NC5=O)C6=O)CC4)cc3)cc2)n1. The first-order valence-corrected chi connectivity index (χ1v) is 22.3. The Morgan fingerprint density at radius 3 is 2.06 bits per heavy atom. The van der Waals surface area contributed by atoms with Crippen LogP contribution in [0.2, 0.25) is 0 Å². The Balaban J connectivity index is 0.709. The van der Waals surface area contributed by atoms with Gasteiger partial charge in [-0.1, -0.05) is 63.8 Å². The zero-order valence-corrected chi connectivity index (χ0v) is 36.7. The van der Waals surface area contributed by atoms with Crippen molar-refractivity contribution in [2.75, 3.05) is 57.4 Å². The van der Waals surface area contributed by atoms with Crippen molar-refractivity contribution in [3.63, 3.8) is 0 Å². The van der Waals surface area contributed by atoms with E-state index in [9.17, 15) is 24.3 Å². The number of aromatic nitrogens is 2. The predicted molar refractivity (Wildman–Crippen MR) is 238 cm³/mol. The van der Waals surface area contributed by atoms with E-state index < -0.39 is 29.9 Å². The summed E-state index contributed by atoms with van der Waals surface area (Å²) >= 11 is 0. The van der Waals surface area contributed by atoms with Gasteiger partial charge in [0.1, 0.15) is 30.3 Å². The molecule has 0 spiro atoms. The van der Waals surface area contributed by atoms with Gasteiger partial charge in [-0.05, 0) is 85.8 Å². The number of aliphatic hydroxyl groups is 1. The normalized spacial score (nSPS) is 17.5. The number of piperazine rings is 1. The van der Waals surface area contributed by atoms with Crippen LogP contribution in [0.5, 0.6) is 11.5 Å². The molecule has 2 N–H and O–H groups in total. The summed E-state index contributed by atoms with van der Waals surface area (Å²) in [5, 5.41) is 12.0. The number of unbranched alkanes of at least 4 members (excludes halogenated alkanes) is 5. The van der Waals surface area contributed by atoms with Crippen molar-refractivity contribution in [3.8, 4) is 11.5 Å². The monoisotopic (exact) mass is 860 g/mol. The van der Waals surface area contributed by atoms with Crippen LogP contribution in [-0.2, 0) is 26.3 Å². The van der Waals surface area contributed by atoms with Gasteiger partial charge in [0.2, 0.25) is 11.8 Å². The predicted octanol–water partition coefficient (Wildman–Crippen LogP) is 6.39. The van der Waals surface area contributed by atoms with E-state index in [1.807, 2.05) is 18.2 Å². The lowest BCUT2D eigenvalue weighted by molar-refractivity contribution is -0.136. The molecule has 0 bridgehead atoms. The molecule has 3 aromatic carbocycles. The van der Waals surface area contributed by atoms with E-state index in [4.69, 9.17) is 14.2 Å². The number of hydrogen-bond donors (Lipinski definition) is 2. The van der Waals surface area contributed by atoms with Gasteiger partial charge < -0.3 is 24.2 Å². The van der Waals surface area contributed by atoms with Gasteiger partial charge in [0, 0.05) is 63.1 Å². The third-order valence-corrected chi connectivity index (χ3v) is 12.3. The van der Waals surface area contributed by atoms with E-state index >= 15 is 0 Å². The number of carbonyl (C=O) groups is 4. The molecule has 2 saturated heterocycles. The molecule has 0 aliphatic carbocycles. The van der Waals surface area contributed by atoms with Crippen molar-refractivity contribution >= 4 is 29.3 Å². The summed E-state index contributed by atoms with van der Waals surface area (Å²) < 4.78 is 18.0. The van der Waals surface area contributed by atoms with Crippen LogP contribution in [0.15, 0.2) is 79.0 Å². The second kappa shape index (κ2) is 21.1. The van der Waals surface area contributed by atoms with Crippen LogP contribution in [0.4, 0.5) is 5.69 Å². The second-order valence-corrected chi connectivity index (χ2v) is 17.1. The molecule has 4 heterocycles. The quantitative estimate of drug-likeness (QED) is 0.0702. The highest BCUT2D eigenvalue weighted by Gasteiger charge is 2.44. The minimum absolute atomic E-state index is 0.0977. The molecule has 3 aliphatic rings. The summed E-state index contributed by atoms with van der Waals surface area (Å²) in [7, 11) is 0. The average molecular weight is 861 g/mol. The Kier molecular flexibility index (Phi) is 15.2. The minimum atomic E-state index is -0.964. The fraction of sp³-hybridized carbons (Fsp3) is 0.469. The topological polar surface area (TPSA) is 164 Å². The largest absolute Gasteiger partial charge is 0.494 e. The molecule has 3 aliphatic heterocycles. The summed E-state index contributed by atoms with van der Waals surface area (Å²) in [4.78, 5) is 64.3. The molecule has 1 aromatic heterocycles. The number of nitrogens with one attached hydrogen (secondary N) is 1. The van der Waals surface area contributed by atoms with Crippen molar-refractivity contribution in [3.05, 3.63) is 113 Å². The number of benzene rings is 3. The number of carbonyl (C=O) groups excluding carboxylic acids is 4. The number of nitrogens with zero attached hydrogens (tertiary/aromatic N) is 5. The molecule has 2 fully saturated rings. The molecule has 334 valence electrons. The molecule has 4 amide bonds. The lowest BCUT2D eigenvalue weighted by Crippen LogP contribution is -2.54. The lowest BCUT2D eigenvalue weighted by Gasteiger charge is -2.36. The Labute approximate surface area is 369 Å². The first kappa shape index (κ1) is 45.3. The van der Waals surface area contributed by atoms with E-state index in [1.54, 1.807) is 31.3 Å². The van der Waals surface area contributed by atoms with Crippen molar-refractivity contribution in [2.45, 2.75) is 96.3 Å². The summed E-state index contributed by atoms with van der Waals surface area (Å²) in [6.07, 6.45) is 7.90. The third-order valence-electron chi connectivity index (χ3n) is 12.3. The van der Waals surface area contributed by atoms with Crippen LogP contribution in [0.3, 0.4) is 0 Å². The van der Waals surface area contributed by atoms with Crippen molar-refractivity contribution in [1.82, 2.24) is 25.1 Å². The molecule has 0 radical (unpaired) electrons. The molecule has 2 atom stereocenters. The molecule has 63 heavy (non-hydrogen) atoms. The van der Waals surface area contributed by atoms with Gasteiger partial charge in [-0.2, -0.15) is 0 Å². The first-order valence-electron chi connectivity index (χ1n) is 22.3. The fourth-order valence-corrected chi connectivity index (χ4v) is 8.34. The smallest absolute Gasteiger partial charge is 0.262 e. The second-order valence-electron chi connectivity index (χ2n) is 17.1. The molecule has 14 heteroatoms. The molecule has 0 saturated carbocycles. The van der Waals surface area contributed by atoms with Crippen LogP contribution >= 0.6 is 0 Å². The highest BCUT2D eigenvalue weighted by atomic mass is 16.5. The first-order chi connectivity index (χ1) is 30.5. The van der Waals surface area contributed by atoms with Crippen LogP contribution in [0, 0.1) is 0 Å². The summed E-state index contributed by atoms with van der Waals surface area (Å²) in [5.41, 5.74) is 4.39. The maximum Gasteiger partial charge on any atom is 0.262 e. The van der Waals surface area contributed by atoms with E-state index in [1.165, 1.54) is 24.0 Å². The van der Waals surface area contributed by atoms with Crippen LogP contribution < -0.4 is 19.7 Å². The minimum Gasteiger partial charge on any atom is -0.494 e. The molecular weight excluding hydrogens is 801 g/mol. The number of anilines is 1. The number of ether oxygens (including phenoxy) is 3. The van der Waals surface area contributed by atoms with Crippen molar-refractivity contribution in [2.24, 2.45) is 0 Å². The van der Waals surface area contributed by atoms with Gasteiger partial charge >= 0.3 is 0 Å². The van der Waals surface area contributed by atoms with Gasteiger partial charge in [0.15, 0.2) is 5.82 Å². The summed E-state index contributed by atoms with van der Waals surface area (Å²) in [5.74, 6) is 0.0685. The highest BCUT2D eigenvalue weighted by molar-refractivity contribution is 6.23. The van der Waals surface area contributed by atoms with Gasteiger partial charge in [-0.3, -0.25) is 34.3 Å². The maximum atomic E-state index is 13.2. The van der Waals surface area contributed by atoms with E-state index in [0.29, 0.717) is 42.5 Å². The van der Waals surface area contributed by atoms with Gasteiger partial charge in [-0.25, -0.2) is 9.97 Å². The molecule has 14 nitrogen and oxygen atoms in total. The highest BCUT2D eigenvalue weighted by Crippen LogP contribution is 2.34. The van der Waals surface area contributed by atoms with Crippen molar-refractivity contribution in [1.29, 1.82) is 0 Å².